The number of benzene rings is 2. The van der Waals surface area contributed by atoms with Gasteiger partial charge in [-0.3, -0.25) is 39.0 Å². The molecule has 7 rings (SSSR count). The van der Waals surface area contributed by atoms with Crippen molar-refractivity contribution < 1.29 is 24.0 Å². The molecule has 4 aliphatic rings. The van der Waals surface area contributed by atoms with Crippen molar-refractivity contribution in [3.63, 3.8) is 0 Å². The number of hydrogen-bond acceptors (Lipinski definition) is 11. The van der Waals surface area contributed by atoms with Crippen LogP contribution in [0.4, 0.5) is 11.4 Å². The van der Waals surface area contributed by atoms with Crippen molar-refractivity contribution in [2.45, 2.75) is 50.1 Å². The van der Waals surface area contributed by atoms with Crippen LogP contribution < -0.4 is 21.1 Å². The van der Waals surface area contributed by atoms with Gasteiger partial charge in [0.1, 0.15) is 10.5 Å². The van der Waals surface area contributed by atoms with Gasteiger partial charge >= 0.3 is 0 Å². The average Bonchev–Trinajstić information content (AvgIpc) is 3.23. The topological polar surface area (TPSA) is 160 Å². The first-order valence-electron chi connectivity index (χ1n) is 20.1. The van der Waals surface area contributed by atoms with E-state index in [9.17, 15) is 28.8 Å². The van der Waals surface area contributed by atoms with Gasteiger partial charge in [-0.1, -0.05) is 12.1 Å². The lowest BCUT2D eigenvalue weighted by molar-refractivity contribution is -0.136. The molecule has 4 saturated heterocycles. The fourth-order valence-corrected chi connectivity index (χ4v) is 9.34. The average molecular weight is 859 g/mol. The van der Waals surface area contributed by atoms with E-state index in [0.29, 0.717) is 27.9 Å². The summed E-state index contributed by atoms with van der Waals surface area (Å²) in [6.45, 7) is 7.42. The van der Waals surface area contributed by atoms with Crippen LogP contribution in [0.2, 0.25) is 0 Å². The molecule has 4 fully saturated rings. The van der Waals surface area contributed by atoms with Gasteiger partial charge in [0.05, 0.1) is 17.4 Å². The first-order valence-corrected chi connectivity index (χ1v) is 20.9. The van der Waals surface area contributed by atoms with Crippen molar-refractivity contribution in [3.8, 4) is 0 Å². The Morgan fingerprint density at radius 3 is 2.38 bits per heavy atom. The maximum atomic E-state index is 13.6. The number of likely N-dealkylation sites (tertiary alicyclic amines) is 2. The van der Waals surface area contributed by atoms with Crippen molar-refractivity contribution in [3.05, 3.63) is 85.7 Å². The molecule has 5 heterocycles. The standard InChI is InChI=1S/C42H52BrN9O6/c1-47-24-31(20-32(25-47)45-35-22-44-49(3)42(58)38(35)43)28-4-6-29(7-5-28)40(56)52-14-12-27(13-15-52)23-50-16-18-51(19-17-50)33-9-8-30(26-53)34(21-33)41(57)48(2)36-10-11-37(54)46-39(36)55/h4-9,21-22,26-27,31-32,36,45H,10-20,23-25H2,1-3H3,(H,46,54,55). The molecule has 3 aromatic rings. The summed E-state index contributed by atoms with van der Waals surface area (Å²) in [6.07, 6.45) is 5.53. The number of amides is 4. The number of aromatic nitrogens is 2. The third kappa shape index (κ3) is 9.18. The zero-order valence-corrected chi connectivity index (χ0v) is 34.9. The number of halogens is 1. The first kappa shape index (κ1) is 41.2. The first-order chi connectivity index (χ1) is 27.9. The largest absolute Gasteiger partial charge is 0.379 e. The molecule has 58 heavy (non-hydrogen) atoms. The summed E-state index contributed by atoms with van der Waals surface area (Å²) >= 11 is 3.43. The highest BCUT2D eigenvalue weighted by molar-refractivity contribution is 9.10. The van der Waals surface area contributed by atoms with Crippen molar-refractivity contribution in [2.24, 2.45) is 13.0 Å². The highest BCUT2D eigenvalue weighted by Crippen LogP contribution is 2.30. The quantitative estimate of drug-likeness (QED) is 0.228. The third-order valence-electron chi connectivity index (χ3n) is 12.2. The summed E-state index contributed by atoms with van der Waals surface area (Å²) < 4.78 is 1.78. The number of likely N-dealkylation sites (N-methyl/N-ethyl adjacent to an activating group) is 2. The molecule has 3 unspecified atom stereocenters. The van der Waals surface area contributed by atoms with Gasteiger partial charge in [-0.25, -0.2) is 4.68 Å². The number of carbonyl (C=O) groups is 5. The molecule has 3 atom stereocenters. The lowest BCUT2D eigenvalue weighted by Crippen LogP contribution is -2.53. The van der Waals surface area contributed by atoms with E-state index in [1.807, 2.05) is 23.1 Å². The Kier molecular flexibility index (Phi) is 12.7. The van der Waals surface area contributed by atoms with Gasteiger partial charge in [0.2, 0.25) is 11.8 Å². The van der Waals surface area contributed by atoms with E-state index >= 15 is 0 Å². The van der Waals surface area contributed by atoms with E-state index in [0.717, 1.165) is 83.9 Å². The maximum Gasteiger partial charge on any atom is 0.282 e. The van der Waals surface area contributed by atoms with Gasteiger partial charge in [0.25, 0.3) is 17.4 Å². The normalized spacial score (nSPS) is 22.4. The number of piperidine rings is 3. The highest BCUT2D eigenvalue weighted by atomic mass is 79.9. The fourth-order valence-electron chi connectivity index (χ4n) is 8.86. The van der Waals surface area contributed by atoms with Crippen LogP contribution in [0.3, 0.4) is 0 Å². The van der Waals surface area contributed by atoms with Crippen LogP contribution in [0.5, 0.6) is 0 Å². The Morgan fingerprint density at radius 2 is 1.69 bits per heavy atom. The molecule has 0 radical (unpaired) electrons. The molecule has 0 aliphatic carbocycles. The Bertz CT molecular complexity index is 2090. The van der Waals surface area contributed by atoms with Crippen LogP contribution >= 0.6 is 15.9 Å². The van der Waals surface area contributed by atoms with Crippen LogP contribution in [0.15, 0.2) is 57.9 Å². The molecule has 308 valence electrons. The Labute approximate surface area is 346 Å². The Morgan fingerprint density at radius 1 is 0.966 bits per heavy atom. The van der Waals surface area contributed by atoms with E-state index in [1.165, 1.54) is 22.2 Å². The summed E-state index contributed by atoms with van der Waals surface area (Å²) in [6, 6.07) is 12.7. The van der Waals surface area contributed by atoms with Gasteiger partial charge in [-0.05, 0) is 96.4 Å². The molecule has 0 bridgehead atoms. The lowest BCUT2D eigenvalue weighted by atomic mass is 9.87. The van der Waals surface area contributed by atoms with Crippen molar-refractivity contribution in [2.75, 3.05) is 83.2 Å². The third-order valence-corrected chi connectivity index (χ3v) is 13.0. The second-order valence-electron chi connectivity index (χ2n) is 16.2. The molecule has 4 amide bonds. The van der Waals surface area contributed by atoms with Gasteiger partial charge in [-0.15, -0.1) is 0 Å². The number of nitrogens with one attached hydrogen (secondary N) is 2. The zero-order chi connectivity index (χ0) is 41.1. The van der Waals surface area contributed by atoms with Crippen molar-refractivity contribution in [1.82, 2.24) is 34.7 Å². The SMILES string of the molecule is CN1CC(Nc2cnn(C)c(=O)c2Br)CC(c2ccc(C(=O)N3CCC(CN4CCN(c5ccc(C=O)c(C(=O)N(C)C6CCC(=O)NC6=O)c5)CC4)CC3)cc2)C1. The summed E-state index contributed by atoms with van der Waals surface area (Å²) in [5.41, 5.74) is 3.76. The van der Waals surface area contributed by atoms with Gasteiger partial charge in [0, 0.05) is 102 Å². The molecule has 0 spiro atoms. The second kappa shape index (κ2) is 17.9. The van der Waals surface area contributed by atoms with Gasteiger partial charge in [0.15, 0.2) is 6.29 Å². The number of hydrogen-bond donors (Lipinski definition) is 2. The van der Waals surface area contributed by atoms with Crippen LogP contribution in [-0.4, -0.2) is 144 Å². The molecule has 15 nitrogen and oxygen atoms in total. The molecule has 2 aromatic carbocycles. The molecule has 2 N–H and O–H groups in total. The molecular weight excluding hydrogens is 806 g/mol. The minimum Gasteiger partial charge on any atom is -0.379 e. The lowest BCUT2D eigenvalue weighted by Gasteiger charge is -2.40. The monoisotopic (exact) mass is 857 g/mol. The predicted octanol–water partition coefficient (Wildman–Crippen LogP) is 2.81. The van der Waals surface area contributed by atoms with E-state index in [2.05, 4.69) is 65.5 Å². The van der Waals surface area contributed by atoms with E-state index < -0.39 is 17.9 Å². The Hall–Kier alpha value is -4.93. The van der Waals surface area contributed by atoms with Crippen molar-refractivity contribution >= 4 is 57.2 Å². The summed E-state index contributed by atoms with van der Waals surface area (Å²) in [7, 11) is 5.26. The fraction of sp³-hybridized carbons (Fsp3) is 0.500. The minimum atomic E-state index is -0.775. The number of rotatable bonds is 10. The summed E-state index contributed by atoms with van der Waals surface area (Å²) in [5, 5.41) is 9.97. The number of nitrogens with zero attached hydrogens (tertiary/aromatic N) is 7. The van der Waals surface area contributed by atoms with Crippen LogP contribution in [0.1, 0.15) is 74.7 Å². The smallest absolute Gasteiger partial charge is 0.282 e. The number of imide groups is 1. The number of aryl methyl sites for hydroxylation is 1. The molecule has 4 aliphatic heterocycles. The zero-order valence-electron chi connectivity index (χ0n) is 33.4. The second-order valence-corrected chi connectivity index (χ2v) is 17.0. The molecule has 16 heteroatoms. The molecular formula is C42H52BrN9O6. The van der Waals surface area contributed by atoms with Crippen LogP contribution in [0, 0.1) is 5.92 Å². The van der Waals surface area contributed by atoms with Gasteiger partial charge < -0.3 is 24.9 Å². The molecule has 1 aromatic heterocycles. The van der Waals surface area contributed by atoms with Gasteiger partial charge in [-0.2, -0.15) is 5.10 Å². The van der Waals surface area contributed by atoms with E-state index in [4.69, 9.17) is 0 Å². The van der Waals surface area contributed by atoms with E-state index in [-0.39, 0.29) is 53.3 Å². The highest BCUT2D eigenvalue weighted by Gasteiger charge is 2.34. The number of carbonyl (C=O) groups excluding carboxylic acids is 5. The predicted molar refractivity (Wildman–Crippen MR) is 223 cm³/mol. The number of piperazine rings is 1. The van der Waals surface area contributed by atoms with Crippen molar-refractivity contribution in [1.29, 1.82) is 0 Å². The molecule has 0 saturated carbocycles. The summed E-state index contributed by atoms with van der Waals surface area (Å²) in [4.78, 5) is 85.7. The van der Waals surface area contributed by atoms with Crippen LogP contribution in [0.25, 0.3) is 0 Å². The van der Waals surface area contributed by atoms with E-state index in [1.54, 1.807) is 25.4 Å². The number of anilines is 2. The maximum absolute atomic E-state index is 13.6. The Balaban J connectivity index is 0.874. The summed E-state index contributed by atoms with van der Waals surface area (Å²) in [5.74, 6) is -0.438. The number of aldehydes is 1. The minimum absolute atomic E-state index is 0.0729. The van der Waals surface area contributed by atoms with Crippen LogP contribution in [-0.2, 0) is 16.6 Å².